The van der Waals surface area contributed by atoms with Crippen LogP contribution in [0.4, 0.5) is 22.7 Å². The van der Waals surface area contributed by atoms with Gasteiger partial charge in [0.05, 0.1) is 0 Å². The summed E-state index contributed by atoms with van der Waals surface area (Å²) in [5.41, 5.74) is 5.39. The molecular formula is C29H26N2. The number of fused-ring (bicyclic) bond motifs is 1. The van der Waals surface area contributed by atoms with Crippen LogP contribution >= 0.6 is 0 Å². The van der Waals surface area contributed by atoms with Gasteiger partial charge < -0.3 is 10.2 Å². The quantitative estimate of drug-likeness (QED) is 0.312. The summed E-state index contributed by atoms with van der Waals surface area (Å²) < 4.78 is 0. The summed E-state index contributed by atoms with van der Waals surface area (Å²) >= 11 is 0. The molecule has 0 heterocycles. The van der Waals surface area contributed by atoms with E-state index in [-0.39, 0.29) is 0 Å². The zero-order chi connectivity index (χ0) is 21.5. The third-order valence-corrected chi connectivity index (χ3v) is 5.09. The summed E-state index contributed by atoms with van der Waals surface area (Å²) in [5.74, 6) is 0. The maximum Gasteiger partial charge on any atom is 0.0463 e. The van der Waals surface area contributed by atoms with E-state index in [9.17, 15) is 0 Å². The van der Waals surface area contributed by atoms with Crippen LogP contribution in [0.1, 0.15) is 6.92 Å². The number of allylic oxidation sites excluding steroid dienone is 4. The normalized spacial score (nSPS) is 11.6. The molecule has 2 heteroatoms. The first-order valence-corrected chi connectivity index (χ1v) is 10.5. The van der Waals surface area contributed by atoms with Gasteiger partial charge in [-0.25, -0.2) is 0 Å². The van der Waals surface area contributed by atoms with Crippen LogP contribution in [-0.2, 0) is 0 Å². The van der Waals surface area contributed by atoms with E-state index in [0.717, 1.165) is 28.4 Å². The van der Waals surface area contributed by atoms with Crippen molar-refractivity contribution in [2.45, 2.75) is 6.92 Å². The molecule has 0 unspecified atom stereocenters. The van der Waals surface area contributed by atoms with Crippen LogP contribution in [0.2, 0.25) is 0 Å². The summed E-state index contributed by atoms with van der Waals surface area (Å²) in [5, 5.41) is 6.01. The van der Waals surface area contributed by atoms with Crippen molar-refractivity contribution in [2.75, 3.05) is 10.2 Å². The molecule has 0 aromatic heterocycles. The van der Waals surface area contributed by atoms with Crippen LogP contribution in [0, 0.1) is 0 Å². The van der Waals surface area contributed by atoms with E-state index in [1.807, 2.05) is 31.2 Å². The number of nitrogens with zero attached hydrogens (tertiary/aromatic N) is 1. The monoisotopic (exact) mass is 402 g/mol. The second kappa shape index (κ2) is 9.64. The summed E-state index contributed by atoms with van der Waals surface area (Å²) in [6.07, 6.45) is 7.98. The molecule has 1 N–H and O–H groups in total. The molecule has 0 atom stereocenters. The Bertz CT molecular complexity index is 1210. The van der Waals surface area contributed by atoms with E-state index >= 15 is 0 Å². The minimum Gasteiger partial charge on any atom is -0.355 e. The van der Waals surface area contributed by atoms with Gasteiger partial charge in [-0.05, 0) is 66.9 Å². The fourth-order valence-corrected chi connectivity index (χ4v) is 3.70. The Morgan fingerprint density at radius 1 is 0.774 bits per heavy atom. The predicted molar refractivity (Wildman–Crippen MR) is 135 cm³/mol. The number of benzene rings is 4. The smallest absolute Gasteiger partial charge is 0.0463 e. The molecule has 0 aliphatic heterocycles. The topological polar surface area (TPSA) is 15.3 Å². The SMILES string of the molecule is C=C/C=C(\C=C/C)N(c1ccccc1)c1ccc(Nc2cccc3ccccc23)cc1. The number of anilines is 4. The third-order valence-electron chi connectivity index (χ3n) is 5.09. The van der Waals surface area contributed by atoms with Crippen molar-refractivity contribution in [1.82, 2.24) is 0 Å². The number of hydrogen-bond acceptors (Lipinski definition) is 2. The number of nitrogens with one attached hydrogen (secondary N) is 1. The van der Waals surface area contributed by atoms with Gasteiger partial charge in [0, 0.05) is 33.8 Å². The van der Waals surface area contributed by atoms with E-state index in [4.69, 9.17) is 0 Å². The highest BCUT2D eigenvalue weighted by Gasteiger charge is 2.12. The van der Waals surface area contributed by atoms with Crippen molar-refractivity contribution < 1.29 is 0 Å². The van der Waals surface area contributed by atoms with Crippen LogP contribution in [0.5, 0.6) is 0 Å². The fraction of sp³-hybridized carbons (Fsp3) is 0.0345. The Hall–Kier alpha value is -4.04. The average Bonchev–Trinajstić information content (AvgIpc) is 2.82. The first-order valence-electron chi connectivity index (χ1n) is 10.5. The molecule has 0 amide bonds. The first kappa shape index (κ1) is 20.2. The lowest BCUT2D eigenvalue weighted by atomic mass is 10.1. The highest BCUT2D eigenvalue weighted by atomic mass is 15.1. The average molecular weight is 403 g/mol. The third kappa shape index (κ3) is 4.59. The Morgan fingerprint density at radius 2 is 1.45 bits per heavy atom. The molecule has 0 saturated carbocycles. The fourth-order valence-electron chi connectivity index (χ4n) is 3.70. The van der Waals surface area contributed by atoms with E-state index in [1.165, 1.54) is 10.8 Å². The second-order valence-corrected chi connectivity index (χ2v) is 7.20. The molecule has 4 aromatic rings. The van der Waals surface area contributed by atoms with Gasteiger partial charge in [-0.3, -0.25) is 0 Å². The van der Waals surface area contributed by atoms with Gasteiger partial charge in [0.15, 0.2) is 0 Å². The molecule has 4 aromatic carbocycles. The molecule has 0 spiro atoms. The van der Waals surface area contributed by atoms with Crippen LogP contribution in [0.25, 0.3) is 10.8 Å². The van der Waals surface area contributed by atoms with Gasteiger partial charge in [-0.2, -0.15) is 0 Å². The maximum absolute atomic E-state index is 3.89. The minimum absolute atomic E-state index is 1.05. The molecule has 31 heavy (non-hydrogen) atoms. The van der Waals surface area contributed by atoms with E-state index in [2.05, 4.69) is 114 Å². The number of rotatable bonds is 7. The van der Waals surface area contributed by atoms with Gasteiger partial charge in [0.1, 0.15) is 0 Å². The highest BCUT2D eigenvalue weighted by molar-refractivity contribution is 5.95. The van der Waals surface area contributed by atoms with Crippen molar-refractivity contribution in [3.63, 3.8) is 0 Å². The van der Waals surface area contributed by atoms with Crippen LogP contribution in [-0.4, -0.2) is 0 Å². The standard InChI is InChI=1S/C29H26N2/c1-3-11-25(12-4-2)31(26-15-6-5-7-16-26)27-21-19-24(20-22-27)30-29-18-10-14-23-13-8-9-17-28(23)29/h3-22,30H,1H2,2H3/b12-4-,25-11+. The van der Waals surface area contributed by atoms with Gasteiger partial charge in [0.2, 0.25) is 0 Å². The van der Waals surface area contributed by atoms with Gasteiger partial charge in [-0.1, -0.05) is 73.3 Å². The lowest BCUT2D eigenvalue weighted by Crippen LogP contribution is -2.15. The van der Waals surface area contributed by atoms with Gasteiger partial charge >= 0.3 is 0 Å². The summed E-state index contributed by atoms with van der Waals surface area (Å²) in [7, 11) is 0. The van der Waals surface area contributed by atoms with E-state index < -0.39 is 0 Å². The second-order valence-electron chi connectivity index (χ2n) is 7.20. The van der Waals surface area contributed by atoms with Crippen LogP contribution in [0.3, 0.4) is 0 Å². The molecule has 0 saturated heterocycles. The van der Waals surface area contributed by atoms with Crippen LogP contribution < -0.4 is 10.2 Å². The van der Waals surface area contributed by atoms with Crippen molar-refractivity contribution in [3.8, 4) is 0 Å². The zero-order valence-corrected chi connectivity index (χ0v) is 17.7. The van der Waals surface area contributed by atoms with Crippen molar-refractivity contribution in [1.29, 1.82) is 0 Å². The molecule has 4 rings (SSSR count). The summed E-state index contributed by atoms with van der Waals surface area (Å²) in [6, 6.07) is 33.6. The molecule has 0 aliphatic rings. The molecular weight excluding hydrogens is 376 g/mol. The van der Waals surface area contributed by atoms with Crippen molar-refractivity contribution in [2.24, 2.45) is 0 Å². The van der Waals surface area contributed by atoms with E-state index in [1.54, 1.807) is 0 Å². The van der Waals surface area contributed by atoms with E-state index in [0.29, 0.717) is 0 Å². The van der Waals surface area contributed by atoms with Gasteiger partial charge in [-0.15, -0.1) is 0 Å². The highest BCUT2D eigenvalue weighted by Crippen LogP contribution is 2.32. The van der Waals surface area contributed by atoms with Crippen molar-refractivity contribution in [3.05, 3.63) is 134 Å². The Morgan fingerprint density at radius 3 is 2.19 bits per heavy atom. The Kier molecular flexibility index (Phi) is 6.29. The number of para-hydroxylation sites is 1. The summed E-state index contributed by atoms with van der Waals surface area (Å²) in [6.45, 7) is 5.92. The first-order chi connectivity index (χ1) is 15.3. The summed E-state index contributed by atoms with van der Waals surface area (Å²) in [4.78, 5) is 2.23. The molecule has 2 nitrogen and oxygen atoms in total. The largest absolute Gasteiger partial charge is 0.355 e. The minimum atomic E-state index is 1.05. The molecule has 0 aliphatic carbocycles. The lowest BCUT2D eigenvalue weighted by Gasteiger charge is -2.26. The maximum atomic E-state index is 3.89. The predicted octanol–water partition coefficient (Wildman–Crippen LogP) is 8.37. The number of hydrogen-bond donors (Lipinski definition) is 1. The Balaban J connectivity index is 1.68. The Labute approximate surface area is 184 Å². The van der Waals surface area contributed by atoms with Crippen LogP contribution in [0.15, 0.2) is 134 Å². The van der Waals surface area contributed by atoms with Gasteiger partial charge in [0.25, 0.3) is 0 Å². The molecule has 152 valence electrons. The zero-order valence-electron chi connectivity index (χ0n) is 17.7. The molecule has 0 radical (unpaired) electrons. The molecule has 0 fully saturated rings. The van der Waals surface area contributed by atoms with Crippen molar-refractivity contribution >= 4 is 33.5 Å². The lowest BCUT2D eigenvalue weighted by molar-refractivity contribution is 1.21. The molecule has 0 bridgehead atoms.